The molecule has 6 heteroatoms. The largest absolute Gasteiger partial charge is 0.478 e. The van der Waals surface area contributed by atoms with E-state index in [2.05, 4.69) is 0 Å². The Labute approximate surface area is 111 Å². The number of rotatable bonds is 4. The minimum Gasteiger partial charge on any atom is -0.478 e. The van der Waals surface area contributed by atoms with Gasteiger partial charge >= 0.3 is 5.97 Å². The van der Waals surface area contributed by atoms with Gasteiger partial charge in [0.15, 0.2) is 9.84 Å². The maximum absolute atomic E-state index is 11.7. The molecule has 0 saturated carbocycles. The molecule has 102 valence electrons. The van der Waals surface area contributed by atoms with Crippen molar-refractivity contribution in [2.75, 3.05) is 5.75 Å². The van der Waals surface area contributed by atoms with E-state index >= 15 is 0 Å². The van der Waals surface area contributed by atoms with Crippen LogP contribution in [-0.4, -0.2) is 29.8 Å². The molecule has 0 amide bonds. The summed E-state index contributed by atoms with van der Waals surface area (Å²) in [7, 11) is -1.36. The number of carboxylic acid groups (broad SMARTS) is 1. The molecule has 2 aromatic rings. The van der Waals surface area contributed by atoms with Gasteiger partial charge in [0, 0.05) is 24.0 Å². The number of aromatic carboxylic acids is 1. The Morgan fingerprint density at radius 2 is 2.00 bits per heavy atom. The molecular formula is C13H15NO4S. The average molecular weight is 281 g/mol. The van der Waals surface area contributed by atoms with Crippen LogP contribution in [0.5, 0.6) is 0 Å². The highest BCUT2D eigenvalue weighted by Gasteiger charge is 2.14. The molecule has 19 heavy (non-hydrogen) atoms. The maximum atomic E-state index is 11.7. The van der Waals surface area contributed by atoms with Crippen molar-refractivity contribution in [3.8, 4) is 0 Å². The molecule has 0 spiro atoms. The number of aromatic nitrogens is 1. The smallest absolute Gasteiger partial charge is 0.335 e. The summed E-state index contributed by atoms with van der Waals surface area (Å²) in [4.78, 5) is 10.9. The zero-order chi connectivity index (χ0) is 14.2. The predicted octanol–water partition coefficient (Wildman–Crippen LogP) is 1.81. The first kappa shape index (κ1) is 13.6. The van der Waals surface area contributed by atoms with Gasteiger partial charge < -0.3 is 9.67 Å². The lowest BCUT2D eigenvalue weighted by Crippen LogP contribution is -2.09. The summed E-state index contributed by atoms with van der Waals surface area (Å²) in [6.07, 6.45) is 0. The van der Waals surface area contributed by atoms with Crippen LogP contribution in [0.4, 0.5) is 0 Å². The second-order valence-electron chi connectivity index (χ2n) is 4.45. The lowest BCUT2D eigenvalue weighted by Gasteiger charge is -2.04. The van der Waals surface area contributed by atoms with E-state index < -0.39 is 15.8 Å². The van der Waals surface area contributed by atoms with Gasteiger partial charge in [-0.15, -0.1) is 0 Å². The molecule has 1 heterocycles. The number of hydrogen-bond donors (Lipinski definition) is 1. The summed E-state index contributed by atoms with van der Waals surface area (Å²) in [6, 6.07) is 6.55. The van der Waals surface area contributed by atoms with Crippen LogP contribution >= 0.6 is 0 Å². The van der Waals surface area contributed by atoms with Gasteiger partial charge in [-0.1, -0.05) is 13.0 Å². The van der Waals surface area contributed by atoms with E-state index in [1.165, 1.54) is 6.07 Å². The average Bonchev–Trinajstić information content (AvgIpc) is 2.65. The van der Waals surface area contributed by atoms with Crippen LogP contribution in [0.25, 0.3) is 10.9 Å². The minimum atomic E-state index is -3.11. The number of aryl methyl sites for hydroxylation is 1. The van der Waals surface area contributed by atoms with Crippen LogP contribution < -0.4 is 0 Å². The van der Waals surface area contributed by atoms with Crippen LogP contribution in [0.15, 0.2) is 24.3 Å². The number of sulfone groups is 1. The monoisotopic (exact) mass is 281 g/mol. The van der Waals surface area contributed by atoms with Crippen LogP contribution in [0.3, 0.4) is 0 Å². The summed E-state index contributed by atoms with van der Waals surface area (Å²) in [6.45, 7) is 1.61. The number of hydrogen-bond acceptors (Lipinski definition) is 3. The van der Waals surface area contributed by atoms with E-state index in [1.807, 2.05) is 0 Å². The van der Waals surface area contributed by atoms with Gasteiger partial charge in [0.25, 0.3) is 0 Å². The van der Waals surface area contributed by atoms with Gasteiger partial charge in [0.05, 0.1) is 11.3 Å². The Hall–Kier alpha value is -1.82. The van der Waals surface area contributed by atoms with Crippen molar-refractivity contribution < 1.29 is 18.3 Å². The zero-order valence-corrected chi connectivity index (χ0v) is 11.6. The van der Waals surface area contributed by atoms with Crippen molar-refractivity contribution in [3.05, 3.63) is 35.5 Å². The molecular weight excluding hydrogens is 266 g/mol. The second kappa shape index (κ2) is 4.70. The van der Waals surface area contributed by atoms with Crippen molar-refractivity contribution in [1.82, 2.24) is 4.57 Å². The topological polar surface area (TPSA) is 76.4 Å². The summed E-state index contributed by atoms with van der Waals surface area (Å²) in [5, 5.41) is 9.80. The minimum absolute atomic E-state index is 0.0307. The molecule has 0 unspecified atom stereocenters. The number of benzene rings is 1. The standard InChI is InChI=1S/C13H15NO4S/c1-3-19(17,18)8-11-6-9-4-5-10(13(15)16)7-12(9)14(11)2/h4-7H,3,8H2,1-2H3,(H,15,16). The molecule has 0 radical (unpaired) electrons. The Kier molecular flexibility index (Phi) is 3.36. The molecule has 2 rings (SSSR count). The Morgan fingerprint density at radius 3 is 2.58 bits per heavy atom. The number of fused-ring (bicyclic) bond motifs is 1. The summed E-state index contributed by atoms with van der Waals surface area (Å²) < 4.78 is 25.1. The Balaban J connectivity index is 2.54. The molecule has 0 aliphatic carbocycles. The van der Waals surface area contributed by atoms with E-state index in [-0.39, 0.29) is 17.1 Å². The first-order chi connectivity index (χ1) is 8.84. The Bertz CT molecular complexity index is 743. The SMILES string of the molecule is CCS(=O)(=O)Cc1cc2ccc(C(=O)O)cc2n1C. The third-order valence-corrected chi connectivity index (χ3v) is 4.81. The molecule has 5 nitrogen and oxygen atoms in total. The lowest BCUT2D eigenvalue weighted by atomic mass is 10.1. The molecule has 1 aromatic carbocycles. The highest BCUT2D eigenvalue weighted by molar-refractivity contribution is 7.90. The van der Waals surface area contributed by atoms with Crippen molar-refractivity contribution in [2.24, 2.45) is 7.05 Å². The van der Waals surface area contributed by atoms with E-state index in [4.69, 9.17) is 5.11 Å². The van der Waals surface area contributed by atoms with Crippen molar-refractivity contribution in [3.63, 3.8) is 0 Å². The fourth-order valence-electron chi connectivity index (χ4n) is 1.99. The van der Waals surface area contributed by atoms with Gasteiger partial charge in [0.2, 0.25) is 0 Å². The first-order valence-corrected chi connectivity index (χ1v) is 7.68. The number of nitrogens with zero attached hydrogens (tertiary/aromatic N) is 1. The maximum Gasteiger partial charge on any atom is 0.335 e. The van der Waals surface area contributed by atoms with Gasteiger partial charge in [-0.2, -0.15) is 0 Å². The molecule has 0 atom stereocenters. The second-order valence-corrected chi connectivity index (χ2v) is 6.80. The fourth-order valence-corrected chi connectivity index (χ4v) is 2.92. The summed E-state index contributed by atoms with van der Waals surface area (Å²) in [5.41, 5.74) is 1.58. The van der Waals surface area contributed by atoms with Gasteiger partial charge in [-0.25, -0.2) is 13.2 Å². The molecule has 0 bridgehead atoms. The van der Waals surface area contributed by atoms with E-state index in [0.29, 0.717) is 5.69 Å². The van der Waals surface area contributed by atoms with Crippen molar-refractivity contribution in [2.45, 2.75) is 12.7 Å². The molecule has 0 aliphatic rings. The first-order valence-electron chi connectivity index (χ1n) is 5.86. The van der Waals surface area contributed by atoms with Gasteiger partial charge in [-0.05, 0) is 23.6 Å². The third kappa shape index (κ3) is 2.63. The highest BCUT2D eigenvalue weighted by atomic mass is 32.2. The van der Waals surface area contributed by atoms with Gasteiger partial charge in [-0.3, -0.25) is 0 Å². The van der Waals surface area contributed by atoms with Crippen LogP contribution in [0, 0.1) is 0 Å². The van der Waals surface area contributed by atoms with Crippen LogP contribution in [-0.2, 0) is 22.6 Å². The normalized spacial score (nSPS) is 11.9. The number of carbonyl (C=O) groups is 1. The van der Waals surface area contributed by atoms with Crippen molar-refractivity contribution >= 4 is 26.7 Å². The quantitative estimate of drug-likeness (QED) is 0.927. The molecule has 0 aliphatic heterocycles. The predicted molar refractivity (Wildman–Crippen MR) is 73.0 cm³/mol. The van der Waals surface area contributed by atoms with E-state index in [0.717, 1.165) is 10.9 Å². The third-order valence-electron chi connectivity index (χ3n) is 3.20. The molecule has 0 fully saturated rings. The van der Waals surface area contributed by atoms with E-state index in [1.54, 1.807) is 36.7 Å². The zero-order valence-electron chi connectivity index (χ0n) is 10.8. The Morgan fingerprint density at radius 1 is 1.32 bits per heavy atom. The summed E-state index contributed by atoms with van der Waals surface area (Å²) in [5.74, 6) is -0.933. The molecule has 1 aromatic heterocycles. The van der Waals surface area contributed by atoms with Crippen molar-refractivity contribution in [1.29, 1.82) is 0 Å². The molecule has 1 N–H and O–H groups in total. The van der Waals surface area contributed by atoms with Crippen LogP contribution in [0.2, 0.25) is 0 Å². The number of carboxylic acids is 1. The van der Waals surface area contributed by atoms with E-state index in [9.17, 15) is 13.2 Å². The van der Waals surface area contributed by atoms with Gasteiger partial charge in [0.1, 0.15) is 0 Å². The fraction of sp³-hybridized carbons (Fsp3) is 0.308. The summed E-state index contributed by atoms with van der Waals surface area (Å²) >= 11 is 0. The highest BCUT2D eigenvalue weighted by Crippen LogP contribution is 2.22. The lowest BCUT2D eigenvalue weighted by molar-refractivity contribution is 0.0697. The molecule has 0 saturated heterocycles. The van der Waals surface area contributed by atoms with Crippen LogP contribution in [0.1, 0.15) is 23.0 Å².